The molecule has 17 nitrogen and oxygen atoms in total. The van der Waals surface area contributed by atoms with Crippen molar-refractivity contribution in [2.75, 3.05) is 38.2 Å². The number of esters is 1. The maximum atomic E-state index is 14.0. The fourth-order valence-electron chi connectivity index (χ4n) is 7.00. The fraction of sp³-hybridized carbons (Fsp3) is 0.381. The van der Waals surface area contributed by atoms with Gasteiger partial charge < -0.3 is 44.4 Å². The first-order valence-corrected chi connectivity index (χ1v) is 19.3. The van der Waals surface area contributed by atoms with Gasteiger partial charge in [0.2, 0.25) is 29.7 Å². The molecule has 3 N–H and O–H groups in total. The van der Waals surface area contributed by atoms with Crippen molar-refractivity contribution >= 4 is 52.3 Å². The molecule has 0 radical (unpaired) electrons. The number of fused-ring (bicyclic) bond motifs is 5. The zero-order valence-corrected chi connectivity index (χ0v) is 33.3. The van der Waals surface area contributed by atoms with Gasteiger partial charge in [0.1, 0.15) is 26.4 Å². The second-order valence-electron chi connectivity index (χ2n) is 14.4. The molecule has 4 aromatic rings. The molecule has 2 aliphatic rings. The number of rotatable bonds is 16. The summed E-state index contributed by atoms with van der Waals surface area (Å²) in [5.74, 6) is -2.31. The largest absolute Gasteiger partial charge is 0.509 e. The summed E-state index contributed by atoms with van der Waals surface area (Å²) in [6.45, 7) is 7.05. The van der Waals surface area contributed by atoms with E-state index in [4.69, 9.17) is 23.9 Å². The van der Waals surface area contributed by atoms with E-state index in [9.17, 15) is 33.6 Å². The number of amides is 4. The number of anilines is 1. The Bertz CT molecular complexity index is 2340. The smallest absolute Gasteiger partial charge is 0.458 e. The Kier molecular flexibility index (Phi) is 13.4. The Hall–Kier alpha value is -6.62. The van der Waals surface area contributed by atoms with Crippen LogP contribution in [0.3, 0.4) is 0 Å². The van der Waals surface area contributed by atoms with Gasteiger partial charge >= 0.3 is 12.1 Å². The fourth-order valence-corrected chi connectivity index (χ4v) is 7.00. The second kappa shape index (κ2) is 18.8. The molecule has 2 aromatic heterocycles. The predicted molar refractivity (Wildman–Crippen MR) is 213 cm³/mol. The molecule has 0 spiro atoms. The summed E-state index contributed by atoms with van der Waals surface area (Å²) in [4.78, 5) is 94.9. The topological polar surface area (TPSA) is 214 Å². The highest BCUT2D eigenvalue weighted by Gasteiger charge is 2.38. The van der Waals surface area contributed by atoms with Crippen molar-refractivity contribution in [1.29, 1.82) is 0 Å². The SMILES string of the molecule is CCCNC(=O)COCC(=O)NCC(=O)Nc1ccc(COC(=O)O[C@@H]2C(=O)OCc3c2cc2n(c3=O)Cc3c-2nc2ccccc2c3CCN(C(C)=O)C(C)C)cc1. The maximum Gasteiger partial charge on any atom is 0.509 e. The van der Waals surface area contributed by atoms with Crippen LogP contribution in [0.4, 0.5) is 10.5 Å². The number of pyridine rings is 2. The molecule has 2 aromatic carbocycles. The van der Waals surface area contributed by atoms with E-state index >= 15 is 0 Å². The van der Waals surface area contributed by atoms with E-state index in [-0.39, 0.29) is 68.5 Å². The Morgan fingerprint density at radius 1 is 0.966 bits per heavy atom. The van der Waals surface area contributed by atoms with Crippen LogP contribution in [0.1, 0.15) is 68.0 Å². The number of benzene rings is 2. The molecule has 310 valence electrons. The average molecular weight is 811 g/mol. The van der Waals surface area contributed by atoms with Gasteiger partial charge in [0.05, 0.1) is 35.6 Å². The molecular formula is C42H46N6O11. The van der Waals surface area contributed by atoms with Crippen LogP contribution in [0.25, 0.3) is 22.3 Å². The molecule has 0 aliphatic carbocycles. The third-order valence-electron chi connectivity index (χ3n) is 9.88. The molecule has 0 saturated heterocycles. The van der Waals surface area contributed by atoms with Crippen LogP contribution in [0.15, 0.2) is 59.4 Å². The number of ether oxygens (including phenoxy) is 4. The minimum absolute atomic E-state index is 0.000869. The summed E-state index contributed by atoms with van der Waals surface area (Å²) in [5.41, 5.74) is 4.43. The van der Waals surface area contributed by atoms with E-state index in [1.165, 1.54) is 0 Å². The molecule has 2 aliphatic heterocycles. The summed E-state index contributed by atoms with van der Waals surface area (Å²) < 4.78 is 22.7. The van der Waals surface area contributed by atoms with Gasteiger partial charge in [-0.25, -0.2) is 14.6 Å². The number of aromatic nitrogens is 2. The zero-order valence-electron chi connectivity index (χ0n) is 33.3. The van der Waals surface area contributed by atoms with Gasteiger partial charge in [-0.05, 0) is 62.1 Å². The summed E-state index contributed by atoms with van der Waals surface area (Å²) in [5, 5.41) is 8.57. The Labute approximate surface area is 339 Å². The van der Waals surface area contributed by atoms with Crippen molar-refractivity contribution in [2.45, 2.75) is 72.4 Å². The number of para-hydroxylation sites is 1. The lowest BCUT2D eigenvalue weighted by molar-refractivity contribution is -0.159. The molecular weight excluding hydrogens is 764 g/mol. The van der Waals surface area contributed by atoms with Crippen molar-refractivity contribution in [3.8, 4) is 11.4 Å². The van der Waals surface area contributed by atoms with E-state index in [0.717, 1.165) is 22.9 Å². The lowest BCUT2D eigenvalue weighted by Crippen LogP contribution is -2.36. The van der Waals surface area contributed by atoms with Crippen molar-refractivity contribution in [3.05, 3.63) is 92.8 Å². The van der Waals surface area contributed by atoms with E-state index in [1.54, 1.807) is 46.7 Å². The third kappa shape index (κ3) is 9.92. The quantitative estimate of drug-likeness (QED) is 0.123. The van der Waals surface area contributed by atoms with Crippen molar-refractivity contribution in [3.63, 3.8) is 0 Å². The molecule has 4 heterocycles. The van der Waals surface area contributed by atoms with E-state index < -0.39 is 35.6 Å². The Balaban J connectivity index is 1.08. The molecule has 4 amide bonds. The van der Waals surface area contributed by atoms with Gasteiger partial charge in [-0.1, -0.05) is 37.3 Å². The van der Waals surface area contributed by atoms with E-state index in [1.807, 2.05) is 45.0 Å². The standard InChI is InChI=1S/C42H46N6O11/c1-5-15-43-36(51)22-56-23-37(52)44-18-35(50)45-27-12-10-26(11-13-27)20-58-42(55)59-39-30-17-34-38-31(19-48(34)40(53)32(30)21-57-41(39)54)28(14-16-47(24(2)3)25(4)49)29-8-6-7-9-33(29)46-38/h6-13,17,24,39H,5,14-16,18-23H2,1-4H3,(H,43,51)(H,44,52)(H,45,50)/t39-/m0/s1. The van der Waals surface area contributed by atoms with Crippen molar-refractivity contribution < 1.29 is 47.7 Å². The van der Waals surface area contributed by atoms with Crippen LogP contribution in [0.2, 0.25) is 0 Å². The van der Waals surface area contributed by atoms with Gasteiger partial charge in [-0.2, -0.15) is 0 Å². The van der Waals surface area contributed by atoms with Gasteiger partial charge in [-0.3, -0.25) is 24.0 Å². The number of carbonyl (C=O) groups excluding carboxylic acids is 6. The highest BCUT2D eigenvalue weighted by atomic mass is 16.7. The first-order chi connectivity index (χ1) is 28.3. The van der Waals surface area contributed by atoms with Gasteiger partial charge in [0.15, 0.2) is 0 Å². The number of hydrogen-bond acceptors (Lipinski definition) is 12. The molecule has 0 fully saturated rings. The van der Waals surface area contributed by atoms with E-state index in [0.29, 0.717) is 47.7 Å². The van der Waals surface area contributed by atoms with Crippen LogP contribution >= 0.6 is 0 Å². The van der Waals surface area contributed by atoms with Gasteiger partial charge in [-0.15, -0.1) is 0 Å². The van der Waals surface area contributed by atoms with Crippen molar-refractivity contribution in [1.82, 2.24) is 25.1 Å². The predicted octanol–water partition coefficient (Wildman–Crippen LogP) is 3.27. The summed E-state index contributed by atoms with van der Waals surface area (Å²) in [7, 11) is 0. The van der Waals surface area contributed by atoms with E-state index in [2.05, 4.69) is 16.0 Å². The minimum atomic E-state index is -1.57. The maximum absolute atomic E-state index is 14.0. The lowest BCUT2D eigenvalue weighted by atomic mass is 9.96. The first kappa shape index (κ1) is 42.0. The molecule has 17 heteroatoms. The second-order valence-corrected chi connectivity index (χ2v) is 14.4. The number of carbonyl (C=O) groups is 6. The third-order valence-corrected chi connectivity index (χ3v) is 9.88. The van der Waals surface area contributed by atoms with Crippen molar-refractivity contribution in [2.24, 2.45) is 0 Å². The zero-order chi connectivity index (χ0) is 42.2. The molecule has 1 atom stereocenters. The Morgan fingerprint density at radius 3 is 2.41 bits per heavy atom. The molecule has 6 rings (SSSR count). The van der Waals surface area contributed by atoms with Crippen LogP contribution < -0.4 is 21.5 Å². The molecule has 59 heavy (non-hydrogen) atoms. The molecule has 0 unspecified atom stereocenters. The summed E-state index contributed by atoms with van der Waals surface area (Å²) in [6, 6.07) is 15.6. The normalized spacial score (nSPS) is 13.8. The van der Waals surface area contributed by atoms with Crippen LogP contribution in [-0.4, -0.2) is 89.1 Å². The average Bonchev–Trinajstić information content (AvgIpc) is 3.58. The highest BCUT2D eigenvalue weighted by molar-refractivity contribution is 5.94. The monoisotopic (exact) mass is 810 g/mol. The minimum Gasteiger partial charge on any atom is -0.458 e. The summed E-state index contributed by atoms with van der Waals surface area (Å²) >= 11 is 0. The summed E-state index contributed by atoms with van der Waals surface area (Å²) in [6.07, 6.45) is -1.44. The lowest BCUT2D eigenvalue weighted by Gasteiger charge is -2.26. The van der Waals surface area contributed by atoms with Crippen LogP contribution in [0.5, 0.6) is 0 Å². The van der Waals surface area contributed by atoms with Crippen LogP contribution in [-0.2, 0) is 69.1 Å². The number of cyclic esters (lactones) is 1. The van der Waals surface area contributed by atoms with Gasteiger partial charge in [0, 0.05) is 48.3 Å². The highest BCUT2D eigenvalue weighted by Crippen LogP contribution is 2.39. The number of nitrogens with one attached hydrogen (secondary N) is 3. The van der Waals surface area contributed by atoms with Gasteiger partial charge in [0.25, 0.3) is 5.56 Å². The first-order valence-electron chi connectivity index (χ1n) is 19.3. The number of nitrogens with zero attached hydrogens (tertiary/aromatic N) is 3. The van der Waals surface area contributed by atoms with Crippen LogP contribution in [0, 0.1) is 0 Å². The molecule has 0 saturated carbocycles. The molecule has 0 bridgehead atoms. The number of hydrogen-bond donors (Lipinski definition) is 3. The Morgan fingerprint density at radius 2 is 1.69 bits per heavy atom.